The van der Waals surface area contributed by atoms with Gasteiger partial charge >= 0.3 is 0 Å². The average Bonchev–Trinajstić information content (AvgIpc) is 2.39. The van der Waals surface area contributed by atoms with Crippen molar-refractivity contribution in [1.29, 1.82) is 0 Å². The number of benzene rings is 2. The van der Waals surface area contributed by atoms with Gasteiger partial charge in [0, 0.05) is 17.3 Å². The summed E-state index contributed by atoms with van der Waals surface area (Å²) >= 11 is 0. The Kier molecular flexibility index (Phi) is 2.11. The topological polar surface area (TPSA) is 24.1 Å². The van der Waals surface area contributed by atoms with Gasteiger partial charge in [0.2, 0.25) is 0 Å². The van der Waals surface area contributed by atoms with Gasteiger partial charge in [-0.05, 0) is 11.6 Å². The maximum atomic E-state index is 3.14. The third-order valence-electron chi connectivity index (χ3n) is 2.73. The van der Waals surface area contributed by atoms with Gasteiger partial charge in [-0.3, -0.25) is 0 Å². The van der Waals surface area contributed by atoms with Crippen LogP contribution >= 0.6 is 0 Å². The number of hydrazine groups is 1. The second-order valence-corrected chi connectivity index (χ2v) is 3.74. The maximum Gasteiger partial charge on any atom is 0.0618 e. The molecule has 2 heteroatoms. The molecule has 0 aliphatic carbocycles. The van der Waals surface area contributed by atoms with E-state index in [0.29, 0.717) is 0 Å². The molecule has 3 rings (SSSR count). The predicted octanol–water partition coefficient (Wildman–Crippen LogP) is 3.01. The summed E-state index contributed by atoms with van der Waals surface area (Å²) in [5, 5.41) is 0. The van der Waals surface area contributed by atoms with E-state index in [-0.39, 0.29) is 0 Å². The molecule has 0 bridgehead atoms. The van der Waals surface area contributed by atoms with Gasteiger partial charge in [-0.2, -0.15) is 0 Å². The van der Waals surface area contributed by atoms with Crippen molar-refractivity contribution < 1.29 is 0 Å². The van der Waals surface area contributed by atoms with Crippen LogP contribution in [0.2, 0.25) is 0 Å². The quantitative estimate of drug-likeness (QED) is 0.752. The Balaban J connectivity index is 2.13. The van der Waals surface area contributed by atoms with Crippen molar-refractivity contribution in [2.45, 2.75) is 0 Å². The standard InChI is InChI=1S/C14H12N2/c1-2-6-11(7-3-1)13-10-15-16-14-9-5-4-8-12(13)14/h1-10,15-16H. The zero-order chi connectivity index (χ0) is 10.8. The summed E-state index contributed by atoms with van der Waals surface area (Å²) in [6, 6.07) is 18.7. The van der Waals surface area contributed by atoms with Gasteiger partial charge in [-0.1, -0.05) is 48.5 Å². The van der Waals surface area contributed by atoms with Gasteiger partial charge < -0.3 is 10.9 Å². The Labute approximate surface area is 94.6 Å². The molecule has 0 atom stereocenters. The monoisotopic (exact) mass is 208 g/mol. The molecule has 0 amide bonds. The lowest BCUT2D eigenvalue weighted by Gasteiger charge is -2.20. The van der Waals surface area contributed by atoms with E-state index in [1.54, 1.807) is 0 Å². The first-order chi connectivity index (χ1) is 7.95. The van der Waals surface area contributed by atoms with Crippen LogP contribution in [-0.4, -0.2) is 0 Å². The van der Waals surface area contributed by atoms with E-state index < -0.39 is 0 Å². The Morgan fingerprint density at radius 1 is 0.750 bits per heavy atom. The van der Waals surface area contributed by atoms with Crippen LogP contribution in [0.5, 0.6) is 0 Å². The minimum atomic E-state index is 1.11. The number of fused-ring (bicyclic) bond motifs is 1. The van der Waals surface area contributed by atoms with Crippen molar-refractivity contribution in [2.24, 2.45) is 0 Å². The number of anilines is 1. The molecule has 16 heavy (non-hydrogen) atoms. The summed E-state index contributed by atoms with van der Waals surface area (Å²) in [6.07, 6.45) is 2.00. The highest BCUT2D eigenvalue weighted by Crippen LogP contribution is 2.30. The molecule has 1 aliphatic heterocycles. The third kappa shape index (κ3) is 1.44. The van der Waals surface area contributed by atoms with E-state index in [0.717, 1.165) is 5.69 Å². The molecule has 78 valence electrons. The lowest BCUT2D eigenvalue weighted by atomic mass is 9.97. The lowest BCUT2D eigenvalue weighted by Crippen LogP contribution is -2.20. The van der Waals surface area contributed by atoms with Crippen molar-refractivity contribution >= 4 is 11.3 Å². The van der Waals surface area contributed by atoms with Crippen molar-refractivity contribution in [2.75, 3.05) is 5.43 Å². The van der Waals surface area contributed by atoms with Crippen LogP contribution in [0.4, 0.5) is 5.69 Å². The normalized spacial score (nSPS) is 13.1. The molecule has 0 radical (unpaired) electrons. The highest BCUT2D eigenvalue weighted by Gasteiger charge is 2.12. The number of hydrogen-bond acceptors (Lipinski definition) is 2. The summed E-state index contributed by atoms with van der Waals surface area (Å²) < 4.78 is 0. The molecule has 2 N–H and O–H groups in total. The molecule has 0 aromatic heterocycles. The molecule has 2 aromatic rings. The number of hydrogen-bond donors (Lipinski definition) is 2. The summed E-state index contributed by atoms with van der Waals surface area (Å²) in [4.78, 5) is 0. The van der Waals surface area contributed by atoms with Crippen LogP contribution in [0.15, 0.2) is 60.8 Å². The van der Waals surface area contributed by atoms with Gasteiger partial charge in [0.15, 0.2) is 0 Å². The first kappa shape index (κ1) is 9.04. The highest BCUT2D eigenvalue weighted by atomic mass is 15.3. The molecular weight excluding hydrogens is 196 g/mol. The Bertz CT molecular complexity index is 529. The van der Waals surface area contributed by atoms with Crippen molar-refractivity contribution in [1.82, 2.24) is 5.43 Å². The van der Waals surface area contributed by atoms with Crippen LogP contribution in [0.3, 0.4) is 0 Å². The predicted molar refractivity (Wildman–Crippen MR) is 66.7 cm³/mol. The fourth-order valence-electron chi connectivity index (χ4n) is 1.95. The van der Waals surface area contributed by atoms with Gasteiger partial charge in [0.1, 0.15) is 0 Å². The zero-order valence-corrected chi connectivity index (χ0v) is 8.77. The molecule has 0 unspecified atom stereocenters. The van der Waals surface area contributed by atoms with Gasteiger partial charge in [-0.15, -0.1) is 0 Å². The number of rotatable bonds is 1. The largest absolute Gasteiger partial charge is 0.308 e. The van der Waals surface area contributed by atoms with Crippen LogP contribution in [0.1, 0.15) is 11.1 Å². The number of para-hydroxylation sites is 1. The Morgan fingerprint density at radius 3 is 2.38 bits per heavy atom. The lowest BCUT2D eigenvalue weighted by molar-refractivity contribution is 1.04. The van der Waals surface area contributed by atoms with E-state index in [1.807, 2.05) is 18.3 Å². The zero-order valence-electron chi connectivity index (χ0n) is 8.77. The summed E-state index contributed by atoms with van der Waals surface area (Å²) in [5.41, 5.74) is 11.0. The van der Waals surface area contributed by atoms with Gasteiger partial charge in [-0.25, -0.2) is 0 Å². The van der Waals surface area contributed by atoms with E-state index in [2.05, 4.69) is 53.3 Å². The van der Waals surface area contributed by atoms with Crippen LogP contribution in [0, 0.1) is 0 Å². The van der Waals surface area contributed by atoms with Gasteiger partial charge in [0.05, 0.1) is 5.69 Å². The van der Waals surface area contributed by atoms with Crippen LogP contribution in [0.25, 0.3) is 5.57 Å². The fourth-order valence-corrected chi connectivity index (χ4v) is 1.95. The average molecular weight is 208 g/mol. The van der Waals surface area contributed by atoms with Crippen molar-refractivity contribution in [3.05, 3.63) is 71.9 Å². The second kappa shape index (κ2) is 3.74. The van der Waals surface area contributed by atoms with E-state index >= 15 is 0 Å². The second-order valence-electron chi connectivity index (χ2n) is 3.74. The van der Waals surface area contributed by atoms with Crippen molar-refractivity contribution in [3.63, 3.8) is 0 Å². The van der Waals surface area contributed by atoms with Gasteiger partial charge in [0.25, 0.3) is 0 Å². The minimum absolute atomic E-state index is 1.11. The molecule has 2 nitrogen and oxygen atoms in total. The number of nitrogens with one attached hydrogen (secondary N) is 2. The Morgan fingerprint density at radius 2 is 1.50 bits per heavy atom. The molecule has 0 saturated carbocycles. The van der Waals surface area contributed by atoms with Crippen LogP contribution < -0.4 is 10.9 Å². The summed E-state index contributed by atoms with van der Waals surface area (Å²) in [5.74, 6) is 0. The molecule has 0 saturated heterocycles. The summed E-state index contributed by atoms with van der Waals surface area (Å²) in [7, 11) is 0. The summed E-state index contributed by atoms with van der Waals surface area (Å²) in [6.45, 7) is 0. The third-order valence-corrected chi connectivity index (χ3v) is 2.73. The molecule has 1 heterocycles. The van der Waals surface area contributed by atoms with E-state index in [1.165, 1.54) is 16.7 Å². The first-order valence-corrected chi connectivity index (χ1v) is 5.32. The SMILES string of the molecule is C1=C(c2ccccc2)c2ccccc2NN1. The van der Waals surface area contributed by atoms with E-state index in [4.69, 9.17) is 0 Å². The Hall–Kier alpha value is -2.22. The molecule has 2 aromatic carbocycles. The minimum Gasteiger partial charge on any atom is -0.308 e. The first-order valence-electron chi connectivity index (χ1n) is 5.32. The van der Waals surface area contributed by atoms with Crippen molar-refractivity contribution in [3.8, 4) is 0 Å². The fraction of sp³-hybridized carbons (Fsp3) is 0. The van der Waals surface area contributed by atoms with E-state index in [9.17, 15) is 0 Å². The van der Waals surface area contributed by atoms with Crippen LogP contribution in [-0.2, 0) is 0 Å². The molecule has 0 fully saturated rings. The maximum absolute atomic E-state index is 3.14. The molecule has 1 aliphatic rings. The molecular formula is C14H12N2. The smallest absolute Gasteiger partial charge is 0.0618 e. The molecule has 0 spiro atoms. The highest BCUT2D eigenvalue weighted by molar-refractivity contribution is 5.87.